The van der Waals surface area contributed by atoms with Gasteiger partial charge in [-0.05, 0) is 25.1 Å². The van der Waals surface area contributed by atoms with Crippen molar-refractivity contribution in [3.63, 3.8) is 0 Å². The zero-order valence-corrected chi connectivity index (χ0v) is 8.13. The van der Waals surface area contributed by atoms with E-state index in [4.69, 9.17) is 5.11 Å². The Hall–Kier alpha value is -1.49. The van der Waals surface area contributed by atoms with Gasteiger partial charge in [0.1, 0.15) is 17.7 Å². The number of halogens is 2. The van der Waals surface area contributed by atoms with Gasteiger partial charge in [-0.1, -0.05) is 0 Å². The first-order valence-electron chi connectivity index (χ1n) is 4.41. The SMILES string of the molecule is C[C@@H](NCc1cc(F)ccc1F)C(=O)O. The Morgan fingerprint density at radius 1 is 1.53 bits per heavy atom. The van der Waals surface area contributed by atoms with E-state index in [-0.39, 0.29) is 12.1 Å². The highest BCUT2D eigenvalue weighted by molar-refractivity contribution is 5.72. The van der Waals surface area contributed by atoms with E-state index in [0.717, 1.165) is 18.2 Å². The average molecular weight is 215 g/mol. The van der Waals surface area contributed by atoms with E-state index >= 15 is 0 Å². The van der Waals surface area contributed by atoms with E-state index < -0.39 is 23.6 Å². The van der Waals surface area contributed by atoms with Crippen LogP contribution in [0.4, 0.5) is 8.78 Å². The molecule has 1 atom stereocenters. The van der Waals surface area contributed by atoms with Crippen LogP contribution in [0, 0.1) is 11.6 Å². The Bertz CT molecular complexity index is 368. The number of nitrogens with one attached hydrogen (secondary N) is 1. The van der Waals surface area contributed by atoms with Crippen molar-refractivity contribution in [2.75, 3.05) is 0 Å². The first kappa shape index (κ1) is 11.6. The summed E-state index contributed by atoms with van der Waals surface area (Å²) in [7, 11) is 0. The highest BCUT2D eigenvalue weighted by Gasteiger charge is 2.11. The fourth-order valence-corrected chi connectivity index (χ4v) is 1.03. The molecule has 0 amide bonds. The van der Waals surface area contributed by atoms with Gasteiger partial charge in [-0.3, -0.25) is 4.79 Å². The second-order valence-electron chi connectivity index (χ2n) is 3.18. The molecule has 1 rings (SSSR count). The second-order valence-corrected chi connectivity index (χ2v) is 3.18. The van der Waals surface area contributed by atoms with Crippen LogP contribution in [0.25, 0.3) is 0 Å². The number of hydrogen-bond acceptors (Lipinski definition) is 2. The van der Waals surface area contributed by atoms with Crippen LogP contribution in [-0.2, 0) is 11.3 Å². The van der Waals surface area contributed by atoms with Crippen molar-refractivity contribution >= 4 is 5.97 Å². The number of aliphatic carboxylic acids is 1. The Labute approximate surface area is 85.7 Å². The molecule has 0 saturated heterocycles. The van der Waals surface area contributed by atoms with Crippen molar-refractivity contribution in [1.82, 2.24) is 5.32 Å². The molecule has 0 bridgehead atoms. The Morgan fingerprint density at radius 3 is 2.80 bits per heavy atom. The van der Waals surface area contributed by atoms with Crippen LogP contribution in [0.15, 0.2) is 18.2 Å². The van der Waals surface area contributed by atoms with Crippen molar-refractivity contribution < 1.29 is 18.7 Å². The summed E-state index contributed by atoms with van der Waals surface area (Å²) in [5.74, 6) is -2.13. The van der Waals surface area contributed by atoms with E-state index in [9.17, 15) is 13.6 Å². The number of carbonyl (C=O) groups is 1. The quantitative estimate of drug-likeness (QED) is 0.800. The third kappa shape index (κ3) is 3.28. The molecule has 0 aliphatic heterocycles. The molecular weight excluding hydrogens is 204 g/mol. The van der Waals surface area contributed by atoms with Gasteiger partial charge in [0.25, 0.3) is 0 Å². The zero-order valence-electron chi connectivity index (χ0n) is 8.13. The number of carboxylic acids is 1. The molecule has 0 aromatic heterocycles. The van der Waals surface area contributed by atoms with Gasteiger partial charge in [0.05, 0.1) is 0 Å². The van der Waals surface area contributed by atoms with E-state index in [1.165, 1.54) is 6.92 Å². The third-order valence-electron chi connectivity index (χ3n) is 1.98. The van der Waals surface area contributed by atoms with E-state index in [1.54, 1.807) is 0 Å². The maximum atomic E-state index is 13.1. The highest BCUT2D eigenvalue weighted by atomic mass is 19.1. The molecule has 3 nitrogen and oxygen atoms in total. The van der Waals surface area contributed by atoms with Crippen LogP contribution in [0.1, 0.15) is 12.5 Å². The predicted octanol–water partition coefficient (Wildman–Crippen LogP) is 1.53. The van der Waals surface area contributed by atoms with Gasteiger partial charge < -0.3 is 10.4 Å². The van der Waals surface area contributed by atoms with Gasteiger partial charge in [-0.25, -0.2) is 8.78 Å². The molecule has 0 aliphatic rings. The molecule has 5 heteroatoms. The summed E-state index contributed by atoms with van der Waals surface area (Å²) in [6, 6.07) is 2.27. The molecule has 0 saturated carbocycles. The maximum absolute atomic E-state index is 13.1. The van der Waals surface area contributed by atoms with E-state index in [1.807, 2.05) is 0 Å². The topological polar surface area (TPSA) is 49.3 Å². The van der Waals surface area contributed by atoms with Crippen LogP contribution in [0.3, 0.4) is 0 Å². The van der Waals surface area contributed by atoms with Gasteiger partial charge in [0.2, 0.25) is 0 Å². The lowest BCUT2D eigenvalue weighted by atomic mass is 10.2. The standard InChI is InChI=1S/C10H11F2NO2/c1-6(10(14)15)13-5-7-4-8(11)2-3-9(7)12/h2-4,6,13H,5H2,1H3,(H,14,15)/t6-/m1/s1. The molecule has 0 heterocycles. The Morgan fingerprint density at radius 2 is 2.20 bits per heavy atom. The lowest BCUT2D eigenvalue weighted by Gasteiger charge is -2.09. The summed E-state index contributed by atoms with van der Waals surface area (Å²) in [5, 5.41) is 11.1. The molecule has 1 aromatic carbocycles. The second kappa shape index (κ2) is 4.84. The smallest absolute Gasteiger partial charge is 0.320 e. The van der Waals surface area contributed by atoms with Crippen molar-refractivity contribution in [3.8, 4) is 0 Å². The van der Waals surface area contributed by atoms with Gasteiger partial charge in [0.15, 0.2) is 0 Å². The van der Waals surface area contributed by atoms with Crippen molar-refractivity contribution in [1.29, 1.82) is 0 Å². The number of rotatable bonds is 4. The predicted molar refractivity (Wildman–Crippen MR) is 50.3 cm³/mol. The molecule has 0 aliphatic carbocycles. The summed E-state index contributed by atoms with van der Waals surface area (Å²) in [5.41, 5.74) is 0.114. The van der Waals surface area contributed by atoms with Crippen molar-refractivity contribution in [2.45, 2.75) is 19.5 Å². The molecule has 82 valence electrons. The molecule has 0 fully saturated rings. The molecule has 0 radical (unpaired) electrons. The molecule has 15 heavy (non-hydrogen) atoms. The molecule has 1 aromatic rings. The Kier molecular flexibility index (Phi) is 3.74. The fraction of sp³-hybridized carbons (Fsp3) is 0.300. The zero-order chi connectivity index (χ0) is 11.4. The van der Waals surface area contributed by atoms with Crippen LogP contribution in [0.2, 0.25) is 0 Å². The normalized spacial score (nSPS) is 12.5. The van der Waals surface area contributed by atoms with E-state index in [2.05, 4.69) is 5.32 Å². The summed E-state index contributed by atoms with van der Waals surface area (Å²) in [4.78, 5) is 10.4. The highest BCUT2D eigenvalue weighted by Crippen LogP contribution is 2.09. The lowest BCUT2D eigenvalue weighted by Crippen LogP contribution is -2.33. The molecule has 2 N–H and O–H groups in total. The summed E-state index contributed by atoms with van der Waals surface area (Å²) in [6.07, 6.45) is 0. The number of carboxylic acid groups (broad SMARTS) is 1. The van der Waals surface area contributed by atoms with Crippen LogP contribution in [-0.4, -0.2) is 17.1 Å². The van der Waals surface area contributed by atoms with Crippen molar-refractivity contribution in [3.05, 3.63) is 35.4 Å². The molecule has 0 unspecified atom stereocenters. The minimum Gasteiger partial charge on any atom is -0.480 e. The maximum Gasteiger partial charge on any atom is 0.320 e. The number of hydrogen-bond donors (Lipinski definition) is 2. The van der Waals surface area contributed by atoms with E-state index in [0.29, 0.717) is 0 Å². The minimum atomic E-state index is -1.04. The van der Waals surface area contributed by atoms with Crippen LogP contribution >= 0.6 is 0 Å². The monoisotopic (exact) mass is 215 g/mol. The van der Waals surface area contributed by atoms with Gasteiger partial charge >= 0.3 is 5.97 Å². The minimum absolute atomic E-state index is 0.0168. The van der Waals surface area contributed by atoms with Crippen molar-refractivity contribution in [2.24, 2.45) is 0 Å². The van der Waals surface area contributed by atoms with Crippen LogP contribution < -0.4 is 5.32 Å². The van der Waals surface area contributed by atoms with Gasteiger partial charge in [-0.15, -0.1) is 0 Å². The Balaban J connectivity index is 2.65. The summed E-state index contributed by atoms with van der Waals surface area (Å²) in [6.45, 7) is 1.41. The van der Waals surface area contributed by atoms with Gasteiger partial charge in [-0.2, -0.15) is 0 Å². The third-order valence-corrected chi connectivity index (χ3v) is 1.98. The van der Waals surface area contributed by atoms with Crippen LogP contribution in [0.5, 0.6) is 0 Å². The summed E-state index contributed by atoms with van der Waals surface area (Å²) >= 11 is 0. The molecular formula is C10H11F2NO2. The fourth-order valence-electron chi connectivity index (χ4n) is 1.03. The average Bonchev–Trinajstić information content (AvgIpc) is 2.18. The molecule has 0 spiro atoms. The van der Waals surface area contributed by atoms with Gasteiger partial charge in [0, 0.05) is 12.1 Å². The number of benzene rings is 1. The first-order valence-corrected chi connectivity index (χ1v) is 4.41. The first-order chi connectivity index (χ1) is 7.00. The largest absolute Gasteiger partial charge is 0.480 e. The lowest BCUT2D eigenvalue weighted by molar-refractivity contribution is -0.139. The summed E-state index contributed by atoms with van der Waals surface area (Å²) < 4.78 is 25.8.